The zero-order valence-electron chi connectivity index (χ0n) is 36.7. The van der Waals surface area contributed by atoms with E-state index in [0.29, 0.717) is 65.3 Å². The number of benzene rings is 3. The van der Waals surface area contributed by atoms with Crippen LogP contribution < -0.4 is 25.2 Å². The summed E-state index contributed by atoms with van der Waals surface area (Å²) in [7, 11) is 0. The summed E-state index contributed by atoms with van der Waals surface area (Å²) in [5.74, 6) is -0.291. The third-order valence-corrected chi connectivity index (χ3v) is 14.2. The molecule has 1 aliphatic carbocycles. The summed E-state index contributed by atoms with van der Waals surface area (Å²) >= 11 is 0. The van der Waals surface area contributed by atoms with Gasteiger partial charge in [-0.15, -0.1) is 0 Å². The van der Waals surface area contributed by atoms with Gasteiger partial charge in [0.1, 0.15) is 23.7 Å². The fraction of sp³-hybridized carbons (Fsp3) is 0.458. The molecular weight excluding hydrogens is 843 g/mol. The van der Waals surface area contributed by atoms with Crippen LogP contribution in [0.2, 0.25) is 0 Å². The Bertz CT molecular complexity index is 2710. The van der Waals surface area contributed by atoms with Crippen molar-refractivity contribution >= 4 is 51.0 Å². The molecule has 3 saturated heterocycles. The van der Waals surface area contributed by atoms with Crippen molar-refractivity contribution in [1.29, 1.82) is 5.26 Å². The van der Waals surface area contributed by atoms with Gasteiger partial charge < -0.3 is 19.9 Å². The zero-order valence-corrected chi connectivity index (χ0v) is 36.7. The van der Waals surface area contributed by atoms with E-state index in [1.807, 2.05) is 38.7 Å². The Morgan fingerprint density at radius 2 is 1.68 bits per heavy atom. The lowest BCUT2D eigenvalue weighted by Gasteiger charge is -2.63. The molecule has 4 amide bonds. The fourth-order valence-corrected chi connectivity index (χ4v) is 11.1. The fourth-order valence-electron chi connectivity index (χ4n) is 11.1. The number of piperidine rings is 2. The number of urea groups is 1. The van der Waals surface area contributed by atoms with E-state index in [2.05, 4.69) is 31.7 Å². The quantitative estimate of drug-likeness (QED) is 0.140. The Morgan fingerprint density at radius 3 is 2.35 bits per heavy atom. The number of fused-ring (bicyclic) bond motifs is 2. The molecular formula is C48H51F4N9O4. The number of carbonyl (C=O) groups excluding carboxylic acids is 3. The molecule has 2 N–H and O–H groups in total. The van der Waals surface area contributed by atoms with Crippen molar-refractivity contribution in [1.82, 2.24) is 30.3 Å². The number of alkyl halides is 3. The van der Waals surface area contributed by atoms with Crippen LogP contribution >= 0.6 is 0 Å². The summed E-state index contributed by atoms with van der Waals surface area (Å²) < 4.78 is 66.4. The number of ether oxygens (including phenoxy) is 1. The van der Waals surface area contributed by atoms with Gasteiger partial charge in [-0.2, -0.15) is 23.5 Å². The van der Waals surface area contributed by atoms with Crippen molar-refractivity contribution in [3.8, 4) is 11.8 Å². The highest BCUT2D eigenvalue weighted by molar-refractivity contribution is 6.09. The average molecular weight is 894 g/mol. The van der Waals surface area contributed by atoms with Gasteiger partial charge in [-0.3, -0.25) is 29.5 Å². The Kier molecular flexibility index (Phi) is 11.2. The van der Waals surface area contributed by atoms with E-state index in [1.54, 1.807) is 41.2 Å². The van der Waals surface area contributed by atoms with Crippen molar-refractivity contribution in [3.05, 3.63) is 89.5 Å². The number of hydrogen-bond acceptors (Lipinski definition) is 9. The zero-order chi connectivity index (χ0) is 46.0. The maximum Gasteiger partial charge on any atom is 0.416 e. The van der Waals surface area contributed by atoms with E-state index in [0.717, 1.165) is 50.0 Å². The van der Waals surface area contributed by atoms with Crippen molar-refractivity contribution < 1.29 is 36.7 Å². The predicted octanol–water partition coefficient (Wildman–Crippen LogP) is 8.23. The van der Waals surface area contributed by atoms with Crippen molar-refractivity contribution in [2.24, 2.45) is 16.7 Å². The summed E-state index contributed by atoms with van der Waals surface area (Å²) in [6.07, 6.45) is 1.27. The molecule has 0 radical (unpaired) electrons. The van der Waals surface area contributed by atoms with E-state index in [1.165, 1.54) is 17.2 Å². The minimum atomic E-state index is -4.65. The molecule has 4 fully saturated rings. The number of halogens is 4. The van der Waals surface area contributed by atoms with Gasteiger partial charge in [0.25, 0.3) is 5.91 Å². The number of rotatable bonds is 9. The van der Waals surface area contributed by atoms with E-state index < -0.39 is 40.3 Å². The Labute approximate surface area is 373 Å². The number of hydrogen-bond donors (Lipinski definition) is 2. The van der Waals surface area contributed by atoms with Gasteiger partial charge in [0.2, 0.25) is 5.91 Å². The molecule has 0 atom stereocenters. The second kappa shape index (κ2) is 16.6. The summed E-state index contributed by atoms with van der Waals surface area (Å²) in [5, 5.41) is 20.6. The highest BCUT2D eigenvalue weighted by atomic mass is 19.4. The molecule has 0 spiro atoms. The highest BCUT2D eigenvalue weighted by Gasteiger charge is 2.64. The van der Waals surface area contributed by atoms with Crippen LogP contribution in [0, 0.1) is 33.9 Å². The Balaban J connectivity index is 0.782. The smallest absolute Gasteiger partial charge is 0.416 e. The molecule has 0 unspecified atom stereocenters. The molecule has 17 heteroatoms. The van der Waals surface area contributed by atoms with Crippen LogP contribution in [0.1, 0.15) is 87.3 Å². The normalized spacial score (nSPS) is 21.8. The van der Waals surface area contributed by atoms with Crippen LogP contribution in [0.15, 0.2) is 67.0 Å². The minimum absolute atomic E-state index is 0.0164. The molecule has 0 bridgehead atoms. The number of amides is 4. The third-order valence-electron chi connectivity index (χ3n) is 14.2. The molecule has 9 rings (SSSR count). The molecule has 13 nitrogen and oxygen atoms in total. The molecule has 65 heavy (non-hydrogen) atoms. The maximum absolute atomic E-state index is 15.8. The lowest BCUT2D eigenvalue weighted by Crippen LogP contribution is -2.74. The average Bonchev–Trinajstić information content (AvgIpc) is 3.71. The SMILES string of the molecule is CC1(C)C(NC(=O)c2ccc(N3CCC(CN4CCC(n5ncc6c(N7CCC(=O)NC7=O)cc(C(F)(F)F)cc65)CC4)CC3)c(F)c2)C(C)(C)C1Oc1ccc(C#N)c2ncccc12. The van der Waals surface area contributed by atoms with Crippen LogP contribution in [0.3, 0.4) is 0 Å². The summed E-state index contributed by atoms with van der Waals surface area (Å²) in [6.45, 7) is 11.8. The minimum Gasteiger partial charge on any atom is -0.488 e. The Hall–Kier alpha value is -6.28. The van der Waals surface area contributed by atoms with E-state index in [9.17, 15) is 32.8 Å². The van der Waals surface area contributed by atoms with E-state index in [-0.39, 0.29) is 48.3 Å². The number of imide groups is 1. The van der Waals surface area contributed by atoms with Crippen LogP contribution in [-0.2, 0) is 11.0 Å². The van der Waals surface area contributed by atoms with Crippen LogP contribution in [0.5, 0.6) is 5.75 Å². The second-order valence-electron chi connectivity index (χ2n) is 19.1. The third kappa shape index (κ3) is 8.10. The van der Waals surface area contributed by atoms with Crippen LogP contribution in [0.25, 0.3) is 21.8 Å². The van der Waals surface area contributed by atoms with Gasteiger partial charge in [0.05, 0.1) is 45.8 Å². The van der Waals surface area contributed by atoms with Crippen LogP contribution in [-0.4, -0.2) is 88.9 Å². The molecule has 3 aromatic carbocycles. The summed E-state index contributed by atoms with van der Waals surface area (Å²) in [6, 6.07) is 14.9. The first-order valence-electron chi connectivity index (χ1n) is 22.2. The van der Waals surface area contributed by atoms with E-state index in [4.69, 9.17) is 4.74 Å². The monoisotopic (exact) mass is 893 g/mol. The van der Waals surface area contributed by atoms with Gasteiger partial charge in [-0.05, 0) is 86.2 Å². The molecule has 5 aromatic rings. The Morgan fingerprint density at radius 1 is 0.938 bits per heavy atom. The maximum atomic E-state index is 15.8. The van der Waals surface area contributed by atoms with Gasteiger partial charge in [-0.1, -0.05) is 27.7 Å². The van der Waals surface area contributed by atoms with Crippen molar-refractivity contribution in [2.45, 2.75) is 84.2 Å². The number of likely N-dealkylation sites (tertiary alicyclic amines) is 1. The van der Waals surface area contributed by atoms with Crippen molar-refractivity contribution in [3.63, 3.8) is 0 Å². The lowest BCUT2D eigenvalue weighted by atomic mass is 9.49. The number of nitrogens with one attached hydrogen (secondary N) is 2. The number of aromatic nitrogens is 3. The predicted molar refractivity (Wildman–Crippen MR) is 236 cm³/mol. The van der Waals surface area contributed by atoms with Gasteiger partial charge in [0.15, 0.2) is 0 Å². The number of carbonyl (C=O) groups is 3. The molecule has 340 valence electrons. The molecule has 5 heterocycles. The molecule has 3 aliphatic heterocycles. The van der Waals surface area contributed by atoms with Gasteiger partial charge in [-0.25, -0.2) is 9.18 Å². The largest absolute Gasteiger partial charge is 0.488 e. The first kappa shape index (κ1) is 43.9. The molecule has 4 aliphatic rings. The number of nitrogens with zero attached hydrogens (tertiary/aromatic N) is 7. The first-order valence-corrected chi connectivity index (χ1v) is 22.2. The first-order chi connectivity index (χ1) is 30.9. The lowest BCUT2D eigenvalue weighted by molar-refractivity contribution is -0.163. The van der Waals surface area contributed by atoms with E-state index >= 15 is 4.39 Å². The summed E-state index contributed by atoms with van der Waals surface area (Å²) in [4.78, 5) is 48.0. The van der Waals surface area contributed by atoms with Gasteiger partial charge in [0, 0.05) is 85.1 Å². The number of pyridine rings is 1. The topological polar surface area (TPSA) is 149 Å². The van der Waals surface area contributed by atoms with Crippen molar-refractivity contribution in [2.75, 3.05) is 49.1 Å². The molecule has 2 aromatic heterocycles. The number of nitriles is 1. The number of anilines is 2. The van der Waals surface area contributed by atoms with Crippen LogP contribution in [0.4, 0.5) is 33.7 Å². The molecule has 1 saturated carbocycles. The summed E-state index contributed by atoms with van der Waals surface area (Å²) in [5.41, 5.74) is 0.247. The van der Waals surface area contributed by atoms with Gasteiger partial charge >= 0.3 is 12.2 Å². The highest BCUT2D eigenvalue weighted by Crippen LogP contribution is 2.56. The second-order valence-corrected chi connectivity index (χ2v) is 19.1. The standard InChI is InChI=1S/C48H51F4N9O4/c1-46(2)43(47(3,4)44(46)65-39-10-8-30(25-53)41-33(39)6-5-16-54-41)57-42(63)29-7-9-36(35(49)22-29)59-19-11-28(12-20-59)27-58-17-13-32(14-18-58)61-38-24-31(48(50,51)52)23-37(34(38)26-55-61)60-21-15-40(62)56-45(60)64/h5-10,16,22-24,26,28,32,43-44H,11-15,17-21,27H2,1-4H3,(H,57,63)(H,56,62,64).